The zero-order chi connectivity index (χ0) is 12.5. The zero-order valence-electron chi connectivity index (χ0n) is 10.4. The van der Waals surface area contributed by atoms with Gasteiger partial charge in [0.2, 0.25) is 0 Å². The van der Waals surface area contributed by atoms with Crippen molar-refractivity contribution in [3.05, 3.63) is 0 Å². The van der Waals surface area contributed by atoms with Crippen LogP contribution in [0.1, 0.15) is 6.92 Å². The van der Waals surface area contributed by atoms with Crippen LogP contribution in [0.3, 0.4) is 0 Å². The molecule has 0 amide bonds. The largest absolute Gasteiger partial charge is 0.305 e. The van der Waals surface area contributed by atoms with Crippen molar-refractivity contribution in [3.8, 4) is 0 Å². The summed E-state index contributed by atoms with van der Waals surface area (Å²) in [6.45, 7) is 8.52. The molecule has 1 rings (SSSR count). The monoisotopic (exact) mass is 242 g/mol. The molecule has 1 heterocycles. The molecule has 98 valence electrons. The fourth-order valence-corrected chi connectivity index (χ4v) is 2.08. The molecule has 1 aliphatic heterocycles. The normalized spacial score (nSPS) is 23.9. The van der Waals surface area contributed by atoms with Gasteiger partial charge < -0.3 is 11.7 Å². The molecule has 0 radical (unpaired) electrons. The van der Waals surface area contributed by atoms with E-state index in [1.54, 1.807) is 0 Å². The van der Waals surface area contributed by atoms with Crippen LogP contribution in [-0.2, 0) is 0 Å². The Bertz CT molecular complexity index is 253. The molecule has 17 heavy (non-hydrogen) atoms. The summed E-state index contributed by atoms with van der Waals surface area (Å²) in [5.74, 6) is 9.93. The Balaban J connectivity index is 2.23. The number of hydrogen-bond acceptors (Lipinski definition) is 6. The predicted octanol–water partition coefficient (Wildman–Crippen LogP) is -0.356. The van der Waals surface area contributed by atoms with Crippen molar-refractivity contribution in [3.63, 3.8) is 0 Å². The predicted molar refractivity (Wildman–Crippen MR) is 65.3 cm³/mol. The van der Waals surface area contributed by atoms with Crippen LogP contribution in [0, 0.1) is 0 Å². The van der Waals surface area contributed by atoms with Crippen LogP contribution >= 0.6 is 0 Å². The van der Waals surface area contributed by atoms with E-state index in [1.807, 2.05) is 0 Å². The molecular formula is C9H22N8. The summed E-state index contributed by atoms with van der Waals surface area (Å²) in [6, 6.07) is 0.520. The van der Waals surface area contributed by atoms with E-state index in [9.17, 15) is 0 Å². The molecule has 0 aromatic heterocycles. The lowest BCUT2D eigenvalue weighted by molar-refractivity contribution is 0.0878. The molecule has 8 nitrogen and oxygen atoms in total. The lowest BCUT2D eigenvalue weighted by atomic mass is 10.2. The van der Waals surface area contributed by atoms with Crippen LogP contribution in [0.4, 0.5) is 0 Å². The molecule has 0 aromatic carbocycles. The van der Waals surface area contributed by atoms with Gasteiger partial charge in [0.15, 0.2) is 0 Å². The number of hydrogen-bond donors (Lipinski definition) is 2. The second-order valence-electron chi connectivity index (χ2n) is 4.15. The molecule has 0 aliphatic carbocycles. The molecular weight excluding hydrogens is 220 g/mol. The fraction of sp³-hybridized carbons (Fsp3) is 1.00. The second-order valence-corrected chi connectivity index (χ2v) is 4.15. The van der Waals surface area contributed by atoms with E-state index in [-0.39, 0.29) is 0 Å². The first-order valence-corrected chi connectivity index (χ1v) is 5.87. The SMILES string of the molecule is C[C@@H]1CN(CCN=NN)CCN1CCN=NN. The van der Waals surface area contributed by atoms with Gasteiger partial charge in [-0.15, -0.1) is 0 Å². The molecule has 1 aliphatic rings. The maximum atomic E-state index is 4.97. The highest BCUT2D eigenvalue weighted by Crippen LogP contribution is 2.08. The van der Waals surface area contributed by atoms with Crippen molar-refractivity contribution in [2.24, 2.45) is 32.4 Å². The van der Waals surface area contributed by atoms with Gasteiger partial charge in [-0.2, -0.15) is 10.2 Å². The van der Waals surface area contributed by atoms with Crippen LogP contribution in [-0.4, -0.2) is 61.7 Å². The van der Waals surface area contributed by atoms with Gasteiger partial charge in [0.25, 0.3) is 0 Å². The van der Waals surface area contributed by atoms with Crippen LogP contribution < -0.4 is 11.7 Å². The van der Waals surface area contributed by atoms with Gasteiger partial charge in [0.1, 0.15) is 0 Å². The van der Waals surface area contributed by atoms with Gasteiger partial charge in [0.05, 0.1) is 13.1 Å². The molecule has 0 aromatic rings. The highest BCUT2D eigenvalue weighted by atomic mass is 15.3. The quantitative estimate of drug-likeness (QED) is 0.377. The summed E-state index contributed by atoms with van der Waals surface area (Å²) in [5.41, 5.74) is 0. The Morgan fingerprint density at radius 3 is 2.29 bits per heavy atom. The summed E-state index contributed by atoms with van der Waals surface area (Å²) >= 11 is 0. The maximum absolute atomic E-state index is 4.97. The van der Waals surface area contributed by atoms with Crippen molar-refractivity contribution < 1.29 is 0 Å². The van der Waals surface area contributed by atoms with E-state index in [0.717, 1.165) is 32.7 Å². The van der Waals surface area contributed by atoms with Crippen LogP contribution in [0.5, 0.6) is 0 Å². The third-order valence-corrected chi connectivity index (χ3v) is 3.02. The smallest absolute Gasteiger partial charge is 0.0747 e. The first kappa shape index (κ1) is 13.8. The molecule has 0 spiro atoms. The van der Waals surface area contributed by atoms with Crippen molar-refractivity contribution in [1.29, 1.82) is 0 Å². The van der Waals surface area contributed by atoms with Gasteiger partial charge in [-0.1, -0.05) is 10.4 Å². The number of nitrogens with two attached hydrogens (primary N) is 2. The molecule has 0 saturated carbocycles. The standard InChI is InChI=1S/C9H22N8/c1-9-8-16(4-2-12-14-10)6-7-17(9)5-3-13-15-11/h9H,2-8H2,1H3,(H2,10,12)(H2,11,13)/t9-/m1/s1. The molecule has 8 heteroatoms. The van der Waals surface area contributed by atoms with E-state index in [1.165, 1.54) is 0 Å². The lowest BCUT2D eigenvalue weighted by Crippen LogP contribution is -2.52. The third-order valence-electron chi connectivity index (χ3n) is 3.02. The van der Waals surface area contributed by atoms with E-state index in [0.29, 0.717) is 19.1 Å². The fourth-order valence-electron chi connectivity index (χ4n) is 2.08. The maximum Gasteiger partial charge on any atom is 0.0747 e. The minimum atomic E-state index is 0.520. The van der Waals surface area contributed by atoms with Gasteiger partial charge in [-0.3, -0.25) is 9.80 Å². The highest BCUT2D eigenvalue weighted by molar-refractivity contribution is 4.79. The average Bonchev–Trinajstić information content (AvgIpc) is 2.32. The van der Waals surface area contributed by atoms with Crippen LogP contribution in [0.2, 0.25) is 0 Å². The third kappa shape index (κ3) is 5.05. The Morgan fingerprint density at radius 2 is 1.71 bits per heavy atom. The van der Waals surface area contributed by atoms with Crippen molar-refractivity contribution >= 4 is 0 Å². The van der Waals surface area contributed by atoms with Gasteiger partial charge in [0, 0.05) is 38.8 Å². The van der Waals surface area contributed by atoms with Gasteiger partial charge >= 0.3 is 0 Å². The highest BCUT2D eigenvalue weighted by Gasteiger charge is 2.22. The number of nitrogens with zero attached hydrogens (tertiary/aromatic N) is 6. The Kier molecular flexibility index (Phi) is 6.41. The van der Waals surface area contributed by atoms with E-state index >= 15 is 0 Å². The summed E-state index contributed by atoms with van der Waals surface area (Å²) in [7, 11) is 0. The summed E-state index contributed by atoms with van der Waals surface area (Å²) in [4.78, 5) is 4.77. The topological polar surface area (TPSA) is 108 Å². The first-order valence-electron chi connectivity index (χ1n) is 5.87. The lowest BCUT2D eigenvalue weighted by Gasteiger charge is -2.39. The Hall–Kier alpha value is -1.28. The molecule has 4 N–H and O–H groups in total. The second kappa shape index (κ2) is 7.91. The molecule has 1 saturated heterocycles. The summed E-state index contributed by atoms with van der Waals surface area (Å²) in [6.07, 6.45) is 0. The van der Waals surface area contributed by atoms with Gasteiger partial charge in [-0.25, -0.2) is 0 Å². The van der Waals surface area contributed by atoms with E-state index < -0.39 is 0 Å². The van der Waals surface area contributed by atoms with Crippen LogP contribution in [0.15, 0.2) is 20.7 Å². The van der Waals surface area contributed by atoms with Crippen molar-refractivity contribution in [1.82, 2.24) is 9.80 Å². The minimum Gasteiger partial charge on any atom is -0.305 e. The van der Waals surface area contributed by atoms with E-state index in [4.69, 9.17) is 11.7 Å². The minimum absolute atomic E-state index is 0.520. The van der Waals surface area contributed by atoms with E-state index in [2.05, 4.69) is 37.4 Å². The Labute approximate surface area is 102 Å². The molecule has 0 unspecified atom stereocenters. The molecule has 0 bridgehead atoms. The summed E-state index contributed by atoms with van der Waals surface area (Å²) in [5, 5.41) is 14.1. The molecule has 1 atom stereocenters. The number of piperazine rings is 1. The number of rotatable bonds is 6. The molecule has 1 fully saturated rings. The summed E-state index contributed by atoms with van der Waals surface area (Å²) < 4.78 is 0. The first-order chi connectivity index (χ1) is 8.27. The average molecular weight is 242 g/mol. The van der Waals surface area contributed by atoms with Crippen molar-refractivity contribution in [2.45, 2.75) is 13.0 Å². The van der Waals surface area contributed by atoms with Crippen LogP contribution in [0.25, 0.3) is 0 Å². The Morgan fingerprint density at radius 1 is 1.06 bits per heavy atom. The zero-order valence-corrected chi connectivity index (χ0v) is 10.4. The van der Waals surface area contributed by atoms with Crippen molar-refractivity contribution in [2.75, 3.05) is 45.8 Å². The van der Waals surface area contributed by atoms with Gasteiger partial charge in [-0.05, 0) is 6.92 Å².